The van der Waals surface area contributed by atoms with Crippen molar-refractivity contribution in [3.05, 3.63) is 58.1 Å². The maximum atomic E-state index is 12.3. The van der Waals surface area contributed by atoms with Gasteiger partial charge in [0.05, 0.1) is 29.1 Å². The third kappa shape index (κ3) is 4.81. The summed E-state index contributed by atoms with van der Waals surface area (Å²) in [6.07, 6.45) is 0. The Balaban J connectivity index is 1.70. The first-order valence-corrected chi connectivity index (χ1v) is 9.90. The Morgan fingerprint density at radius 3 is 2.72 bits per heavy atom. The Hall–Kier alpha value is -2.75. The van der Waals surface area contributed by atoms with Gasteiger partial charge in [0.25, 0.3) is 0 Å². The summed E-state index contributed by atoms with van der Waals surface area (Å²) in [6, 6.07) is 11.5. The molecule has 3 N–H and O–H groups in total. The van der Waals surface area contributed by atoms with E-state index in [0.29, 0.717) is 32.3 Å². The van der Waals surface area contributed by atoms with E-state index in [0.717, 1.165) is 11.8 Å². The van der Waals surface area contributed by atoms with Gasteiger partial charge in [-0.1, -0.05) is 47.1 Å². The number of para-hydroxylation sites is 1. The first-order valence-electron chi connectivity index (χ1n) is 8.16. The Morgan fingerprint density at radius 2 is 1.97 bits per heavy atom. The van der Waals surface area contributed by atoms with Crippen molar-refractivity contribution in [2.75, 3.05) is 24.0 Å². The van der Waals surface area contributed by atoms with Crippen LogP contribution < -0.4 is 11.2 Å². The van der Waals surface area contributed by atoms with Crippen molar-refractivity contribution in [3.8, 4) is 11.4 Å². The van der Waals surface area contributed by atoms with E-state index in [4.69, 9.17) is 33.8 Å². The number of amides is 1. The molecule has 1 heterocycles. The smallest absolute Gasteiger partial charge is 0.339 e. The molecule has 1 aromatic heterocycles. The van der Waals surface area contributed by atoms with Crippen molar-refractivity contribution in [2.24, 2.45) is 0 Å². The normalized spacial score (nSPS) is 10.6. The predicted octanol–water partition coefficient (Wildman–Crippen LogP) is 3.48. The molecule has 11 heteroatoms. The maximum Gasteiger partial charge on any atom is 0.339 e. The molecule has 0 bridgehead atoms. The number of carbonyl (C=O) groups is 2. The number of nitrogens with zero attached hydrogens (tertiary/aromatic N) is 3. The summed E-state index contributed by atoms with van der Waals surface area (Å²) in [4.78, 5) is 24.1. The monoisotopic (exact) mass is 451 g/mol. The van der Waals surface area contributed by atoms with Gasteiger partial charge in [0.15, 0.2) is 5.82 Å². The Kier molecular flexibility index (Phi) is 6.63. The van der Waals surface area contributed by atoms with Gasteiger partial charge < -0.3 is 15.9 Å². The number of halogens is 2. The number of carbonyl (C=O) groups excluding carboxylic acids is 2. The van der Waals surface area contributed by atoms with Gasteiger partial charge in [-0.2, -0.15) is 0 Å². The fourth-order valence-electron chi connectivity index (χ4n) is 2.42. The van der Waals surface area contributed by atoms with Gasteiger partial charge in [0.2, 0.25) is 11.1 Å². The van der Waals surface area contributed by atoms with Gasteiger partial charge in [-0.3, -0.25) is 4.79 Å². The van der Waals surface area contributed by atoms with Gasteiger partial charge in [-0.05, 0) is 30.3 Å². The van der Waals surface area contributed by atoms with E-state index in [9.17, 15) is 9.59 Å². The number of esters is 1. The molecule has 2 aromatic carbocycles. The molecule has 0 aliphatic heterocycles. The predicted molar refractivity (Wildman–Crippen MR) is 113 cm³/mol. The standard InChI is InChI=1S/C18H15Cl2N5O3S/c1-28-17(27)11-4-2-3-5-14(11)22-15(26)9-29-18-24-23-16(25(18)21)12-8-10(19)6-7-13(12)20/h2-8H,9,21H2,1H3,(H,22,26). The van der Waals surface area contributed by atoms with Crippen LogP contribution in [0, 0.1) is 0 Å². The van der Waals surface area contributed by atoms with Crippen LogP contribution in [-0.2, 0) is 9.53 Å². The fraction of sp³-hybridized carbons (Fsp3) is 0.111. The van der Waals surface area contributed by atoms with Crippen LogP contribution in [0.1, 0.15) is 10.4 Å². The van der Waals surface area contributed by atoms with Gasteiger partial charge in [-0.15, -0.1) is 10.2 Å². The van der Waals surface area contributed by atoms with E-state index in [1.54, 1.807) is 42.5 Å². The number of nitrogens with one attached hydrogen (secondary N) is 1. The summed E-state index contributed by atoms with van der Waals surface area (Å²) >= 11 is 13.3. The quantitative estimate of drug-likeness (QED) is 0.335. The summed E-state index contributed by atoms with van der Waals surface area (Å²) in [5.74, 6) is 5.47. The van der Waals surface area contributed by atoms with Gasteiger partial charge in [0, 0.05) is 10.6 Å². The number of aromatic nitrogens is 3. The van der Waals surface area contributed by atoms with Crippen molar-refractivity contribution >= 4 is 52.5 Å². The number of nitrogen functional groups attached to an aromatic ring is 1. The first-order chi connectivity index (χ1) is 13.9. The molecule has 3 aromatic rings. The average molecular weight is 452 g/mol. The van der Waals surface area contributed by atoms with Gasteiger partial charge in [-0.25, -0.2) is 9.47 Å². The Bertz CT molecular complexity index is 1070. The molecule has 0 aliphatic rings. The van der Waals surface area contributed by atoms with Crippen molar-refractivity contribution in [3.63, 3.8) is 0 Å². The highest BCUT2D eigenvalue weighted by Gasteiger charge is 2.18. The van der Waals surface area contributed by atoms with E-state index >= 15 is 0 Å². The molecule has 29 heavy (non-hydrogen) atoms. The summed E-state index contributed by atoms with van der Waals surface area (Å²) in [5.41, 5.74) is 1.14. The number of methoxy groups -OCH3 is 1. The van der Waals surface area contributed by atoms with Gasteiger partial charge >= 0.3 is 5.97 Å². The fourth-order valence-corrected chi connectivity index (χ4v) is 3.46. The molecule has 0 saturated heterocycles. The van der Waals surface area contributed by atoms with Crippen LogP contribution in [0.15, 0.2) is 47.6 Å². The molecule has 8 nitrogen and oxygen atoms in total. The lowest BCUT2D eigenvalue weighted by Gasteiger charge is -2.09. The molecule has 0 aliphatic carbocycles. The zero-order valence-electron chi connectivity index (χ0n) is 15.1. The third-order valence-corrected chi connectivity index (χ3v) is 5.28. The van der Waals surface area contributed by atoms with E-state index < -0.39 is 5.97 Å². The molecular formula is C18H15Cl2N5O3S. The van der Waals surface area contributed by atoms with Gasteiger partial charge in [0.1, 0.15) is 0 Å². The van der Waals surface area contributed by atoms with E-state index in [-0.39, 0.29) is 17.2 Å². The minimum atomic E-state index is -0.543. The van der Waals surface area contributed by atoms with E-state index in [1.807, 2.05) is 0 Å². The molecule has 0 unspecified atom stereocenters. The topological polar surface area (TPSA) is 112 Å². The van der Waals surface area contributed by atoms with Crippen molar-refractivity contribution in [2.45, 2.75) is 5.16 Å². The number of benzene rings is 2. The zero-order valence-corrected chi connectivity index (χ0v) is 17.4. The highest BCUT2D eigenvalue weighted by atomic mass is 35.5. The lowest BCUT2D eigenvalue weighted by molar-refractivity contribution is -0.113. The number of hydrogen-bond acceptors (Lipinski definition) is 7. The second-order valence-electron chi connectivity index (χ2n) is 5.67. The summed E-state index contributed by atoms with van der Waals surface area (Å²) in [6.45, 7) is 0. The molecule has 1 amide bonds. The number of thioether (sulfide) groups is 1. The minimum Gasteiger partial charge on any atom is -0.465 e. The lowest BCUT2D eigenvalue weighted by Crippen LogP contribution is -2.18. The molecule has 0 fully saturated rings. The number of hydrogen-bond donors (Lipinski definition) is 2. The molecular weight excluding hydrogens is 437 g/mol. The van der Waals surface area contributed by atoms with Crippen LogP contribution in [0.5, 0.6) is 0 Å². The second-order valence-corrected chi connectivity index (χ2v) is 7.46. The summed E-state index contributed by atoms with van der Waals surface area (Å²) < 4.78 is 5.95. The number of rotatable bonds is 6. The highest BCUT2D eigenvalue weighted by molar-refractivity contribution is 7.99. The van der Waals surface area contributed by atoms with Crippen LogP contribution in [0.2, 0.25) is 10.0 Å². The summed E-state index contributed by atoms with van der Waals surface area (Å²) in [7, 11) is 1.27. The second kappa shape index (κ2) is 9.17. The Morgan fingerprint density at radius 1 is 1.21 bits per heavy atom. The van der Waals surface area contributed by atoms with E-state index in [2.05, 4.69) is 15.5 Å². The molecule has 0 saturated carbocycles. The number of ether oxygens (including phenoxy) is 1. The van der Waals surface area contributed by atoms with Crippen LogP contribution in [0.3, 0.4) is 0 Å². The van der Waals surface area contributed by atoms with Crippen LogP contribution in [0.25, 0.3) is 11.4 Å². The molecule has 0 spiro atoms. The number of anilines is 1. The van der Waals surface area contributed by atoms with Crippen LogP contribution in [0.4, 0.5) is 5.69 Å². The van der Waals surface area contributed by atoms with Crippen molar-refractivity contribution < 1.29 is 14.3 Å². The van der Waals surface area contributed by atoms with Crippen molar-refractivity contribution in [1.82, 2.24) is 14.9 Å². The average Bonchev–Trinajstić information content (AvgIpc) is 3.08. The molecule has 150 valence electrons. The minimum absolute atomic E-state index is 0.00584. The summed E-state index contributed by atoms with van der Waals surface area (Å²) in [5, 5.41) is 11.9. The lowest BCUT2D eigenvalue weighted by atomic mass is 10.2. The third-order valence-electron chi connectivity index (χ3n) is 3.77. The first kappa shape index (κ1) is 21.0. The molecule has 0 atom stereocenters. The van der Waals surface area contributed by atoms with Crippen LogP contribution in [-0.4, -0.2) is 39.6 Å². The van der Waals surface area contributed by atoms with E-state index in [1.165, 1.54) is 11.8 Å². The molecule has 3 rings (SSSR count). The SMILES string of the molecule is COC(=O)c1ccccc1NC(=O)CSc1nnc(-c2cc(Cl)ccc2Cl)n1N. The maximum absolute atomic E-state index is 12.3. The highest BCUT2D eigenvalue weighted by Crippen LogP contribution is 2.30. The molecule has 0 radical (unpaired) electrons. The Labute approximate surface area is 180 Å². The van der Waals surface area contributed by atoms with Crippen LogP contribution >= 0.6 is 35.0 Å². The number of nitrogens with two attached hydrogens (primary N) is 1. The zero-order chi connectivity index (χ0) is 21.0. The largest absolute Gasteiger partial charge is 0.465 e. The van der Waals surface area contributed by atoms with Crippen molar-refractivity contribution in [1.29, 1.82) is 0 Å².